The van der Waals surface area contributed by atoms with Crippen LogP contribution in [0.15, 0.2) is 41.1 Å². The Morgan fingerprint density at radius 1 is 1.08 bits per heavy atom. The maximum absolute atomic E-state index is 5.35. The fraction of sp³-hybridized carbons (Fsp3) is 0.444. The first kappa shape index (κ1) is 16.9. The SMILES string of the molecule is c1ccc(CCCn2cc(-c3nc(CN4CCOCC4)no3)nn2)cc1. The highest BCUT2D eigenvalue weighted by Gasteiger charge is 2.17. The van der Waals surface area contributed by atoms with Crippen LogP contribution in [0.1, 0.15) is 17.8 Å². The van der Waals surface area contributed by atoms with Gasteiger partial charge in [-0.15, -0.1) is 5.10 Å². The molecular formula is C18H22N6O2. The molecule has 0 radical (unpaired) electrons. The largest absolute Gasteiger partial charge is 0.379 e. The van der Waals surface area contributed by atoms with Crippen molar-refractivity contribution in [3.8, 4) is 11.6 Å². The predicted molar refractivity (Wildman–Crippen MR) is 94.2 cm³/mol. The molecule has 2 aromatic heterocycles. The molecule has 1 aliphatic rings. The van der Waals surface area contributed by atoms with Crippen molar-refractivity contribution in [3.05, 3.63) is 47.9 Å². The van der Waals surface area contributed by atoms with Crippen LogP contribution >= 0.6 is 0 Å². The molecular weight excluding hydrogens is 332 g/mol. The van der Waals surface area contributed by atoms with Crippen molar-refractivity contribution in [1.82, 2.24) is 30.0 Å². The molecule has 8 heteroatoms. The Morgan fingerprint density at radius 3 is 2.77 bits per heavy atom. The fourth-order valence-electron chi connectivity index (χ4n) is 2.98. The Kier molecular flexibility index (Phi) is 5.32. The quantitative estimate of drug-likeness (QED) is 0.640. The van der Waals surface area contributed by atoms with E-state index in [1.54, 1.807) is 0 Å². The van der Waals surface area contributed by atoms with E-state index in [0.717, 1.165) is 45.7 Å². The van der Waals surface area contributed by atoms with Gasteiger partial charge in [0.05, 0.1) is 26.0 Å². The molecule has 0 unspecified atom stereocenters. The van der Waals surface area contributed by atoms with Crippen molar-refractivity contribution < 1.29 is 9.26 Å². The average Bonchev–Trinajstić information content (AvgIpc) is 3.33. The zero-order valence-corrected chi connectivity index (χ0v) is 14.6. The number of ether oxygens (including phenoxy) is 1. The number of aryl methyl sites for hydroxylation is 2. The van der Waals surface area contributed by atoms with Gasteiger partial charge in [-0.1, -0.05) is 40.7 Å². The lowest BCUT2D eigenvalue weighted by Gasteiger charge is -2.24. The van der Waals surface area contributed by atoms with E-state index in [-0.39, 0.29) is 0 Å². The topological polar surface area (TPSA) is 82.1 Å². The molecule has 8 nitrogen and oxygen atoms in total. The molecule has 0 N–H and O–H groups in total. The highest BCUT2D eigenvalue weighted by Crippen LogP contribution is 2.15. The van der Waals surface area contributed by atoms with E-state index in [4.69, 9.17) is 9.26 Å². The minimum atomic E-state index is 0.419. The lowest BCUT2D eigenvalue weighted by Crippen LogP contribution is -2.35. The van der Waals surface area contributed by atoms with Crippen molar-refractivity contribution in [3.63, 3.8) is 0 Å². The lowest BCUT2D eigenvalue weighted by molar-refractivity contribution is 0.0327. The summed E-state index contributed by atoms with van der Waals surface area (Å²) < 4.78 is 12.5. The van der Waals surface area contributed by atoms with E-state index in [9.17, 15) is 0 Å². The first-order valence-electron chi connectivity index (χ1n) is 8.94. The van der Waals surface area contributed by atoms with Crippen molar-refractivity contribution in [2.45, 2.75) is 25.9 Å². The van der Waals surface area contributed by atoms with Crippen LogP contribution in [0.5, 0.6) is 0 Å². The van der Waals surface area contributed by atoms with E-state index in [0.29, 0.717) is 24.0 Å². The molecule has 0 spiro atoms. The van der Waals surface area contributed by atoms with E-state index in [1.165, 1.54) is 5.56 Å². The molecule has 1 fully saturated rings. The number of rotatable bonds is 7. The molecule has 1 saturated heterocycles. The van der Waals surface area contributed by atoms with Crippen LogP contribution in [0, 0.1) is 0 Å². The summed E-state index contributed by atoms with van der Waals surface area (Å²) in [6.07, 6.45) is 3.87. The summed E-state index contributed by atoms with van der Waals surface area (Å²) in [6, 6.07) is 10.4. The predicted octanol–water partition coefficient (Wildman–Crippen LogP) is 1.79. The van der Waals surface area contributed by atoms with E-state index in [2.05, 4.69) is 49.6 Å². The van der Waals surface area contributed by atoms with Gasteiger partial charge in [0.25, 0.3) is 5.89 Å². The molecule has 3 aromatic rings. The molecule has 26 heavy (non-hydrogen) atoms. The highest BCUT2D eigenvalue weighted by atomic mass is 16.5. The molecule has 0 atom stereocenters. The maximum atomic E-state index is 5.35. The van der Waals surface area contributed by atoms with Crippen LogP contribution in [0.2, 0.25) is 0 Å². The molecule has 1 aliphatic heterocycles. The molecule has 0 saturated carbocycles. The third-order valence-corrected chi connectivity index (χ3v) is 4.39. The standard InChI is InChI=1S/C18H22N6O2/c1-2-5-15(6-3-1)7-4-8-24-13-16(20-22-24)18-19-17(21-26-18)14-23-9-11-25-12-10-23/h1-3,5-6,13H,4,7-12,14H2. The van der Waals surface area contributed by atoms with Gasteiger partial charge in [-0.2, -0.15) is 4.98 Å². The average molecular weight is 354 g/mol. The molecule has 0 aliphatic carbocycles. The summed E-state index contributed by atoms with van der Waals surface area (Å²) in [4.78, 5) is 6.69. The molecule has 136 valence electrons. The van der Waals surface area contributed by atoms with Gasteiger partial charge in [0.15, 0.2) is 11.5 Å². The van der Waals surface area contributed by atoms with E-state index in [1.807, 2.05) is 16.9 Å². The van der Waals surface area contributed by atoms with Gasteiger partial charge in [-0.3, -0.25) is 9.58 Å². The monoisotopic (exact) mass is 354 g/mol. The summed E-state index contributed by atoms with van der Waals surface area (Å²) in [5.41, 5.74) is 1.95. The van der Waals surface area contributed by atoms with Crippen molar-refractivity contribution >= 4 is 0 Å². The van der Waals surface area contributed by atoms with Gasteiger partial charge in [0.1, 0.15) is 0 Å². The third-order valence-electron chi connectivity index (χ3n) is 4.39. The minimum Gasteiger partial charge on any atom is -0.379 e. The van der Waals surface area contributed by atoms with Crippen molar-refractivity contribution in [2.75, 3.05) is 26.3 Å². The van der Waals surface area contributed by atoms with Crippen LogP contribution in [0.4, 0.5) is 0 Å². The lowest BCUT2D eigenvalue weighted by atomic mass is 10.1. The molecule has 3 heterocycles. The van der Waals surface area contributed by atoms with Crippen LogP contribution in [0.3, 0.4) is 0 Å². The number of benzene rings is 1. The Bertz CT molecular complexity index is 810. The van der Waals surface area contributed by atoms with Crippen LogP contribution in [-0.4, -0.2) is 56.3 Å². The summed E-state index contributed by atoms with van der Waals surface area (Å²) in [5, 5.41) is 12.4. The fourth-order valence-corrected chi connectivity index (χ4v) is 2.98. The second kappa shape index (κ2) is 8.20. The highest BCUT2D eigenvalue weighted by molar-refractivity contribution is 5.43. The van der Waals surface area contributed by atoms with Crippen LogP contribution < -0.4 is 0 Å². The second-order valence-corrected chi connectivity index (χ2v) is 6.36. The summed E-state index contributed by atoms with van der Waals surface area (Å²) in [5.74, 6) is 1.09. The number of hydrogen-bond donors (Lipinski definition) is 0. The Hall–Kier alpha value is -2.58. The molecule has 4 rings (SSSR count). The normalized spacial score (nSPS) is 15.4. The van der Waals surface area contributed by atoms with Gasteiger partial charge in [0, 0.05) is 19.6 Å². The molecule has 0 bridgehead atoms. The van der Waals surface area contributed by atoms with E-state index >= 15 is 0 Å². The van der Waals surface area contributed by atoms with E-state index < -0.39 is 0 Å². The Morgan fingerprint density at radius 2 is 1.92 bits per heavy atom. The van der Waals surface area contributed by atoms with Crippen molar-refractivity contribution in [2.24, 2.45) is 0 Å². The minimum absolute atomic E-state index is 0.419. The van der Waals surface area contributed by atoms with Gasteiger partial charge in [0.2, 0.25) is 0 Å². The smallest absolute Gasteiger partial charge is 0.280 e. The first-order chi connectivity index (χ1) is 12.9. The zero-order valence-electron chi connectivity index (χ0n) is 14.6. The Balaban J connectivity index is 1.31. The number of hydrogen-bond acceptors (Lipinski definition) is 7. The summed E-state index contributed by atoms with van der Waals surface area (Å²) in [7, 11) is 0. The number of aromatic nitrogens is 5. The van der Waals surface area contributed by atoms with Crippen LogP contribution in [0.25, 0.3) is 11.6 Å². The summed E-state index contributed by atoms with van der Waals surface area (Å²) >= 11 is 0. The third kappa shape index (κ3) is 4.33. The van der Waals surface area contributed by atoms with Crippen molar-refractivity contribution in [1.29, 1.82) is 0 Å². The molecule has 1 aromatic carbocycles. The zero-order chi connectivity index (χ0) is 17.6. The summed E-state index contributed by atoms with van der Waals surface area (Å²) in [6.45, 7) is 4.75. The molecule has 0 amide bonds. The number of morpholine rings is 1. The number of nitrogens with zero attached hydrogens (tertiary/aromatic N) is 6. The van der Waals surface area contributed by atoms with Gasteiger partial charge in [-0.05, 0) is 18.4 Å². The first-order valence-corrected chi connectivity index (χ1v) is 8.94. The second-order valence-electron chi connectivity index (χ2n) is 6.36. The van der Waals surface area contributed by atoms with Crippen LogP contribution in [-0.2, 0) is 24.2 Å². The maximum Gasteiger partial charge on any atom is 0.280 e. The van der Waals surface area contributed by atoms with Gasteiger partial charge >= 0.3 is 0 Å². The van der Waals surface area contributed by atoms with Gasteiger partial charge < -0.3 is 9.26 Å². The van der Waals surface area contributed by atoms with Gasteiger partial charge in [-0.25, -0.2) is 0 Å². The Labute approximate surface area is 151 Å².